The molecule has 1 rings (SSSR count). The lowest BCUT2D eigenvalue weighted by Gasteiger charge is -2.45. The van der Waals surface area contributed by atoms with E-state index in [0.717, 1.165) is 12.8 Å². The minimum Gasteiger partial charge on any atom is -0.465 e. The molecular weight excluding hydrogens is 234 g/mol. The molecule has 1 N–H and O–H groups in total. The average molecular weight is 259 g/mol. The van der Waals surface area contributed by atoms with Crippen molar-refractivity contribution in [2.24, 2.45) is 0 Å². The van der Waals surface area contributed by atoms with Gasteiger partial charge in [0.15, 0.2) is 8.32 Å². The number of hydrogen-bond acceptors (Lipinski definition) is 2. The molecule has 4 nitrogen and oxygen atoms in total. The Morgan fingerprint density at radius 3 is 2.35 bits per heavy atom. The first-order valence-corrected chi connectivity index (χ1v) is 9.11. The molecule has 0 aromatic rings. The SMILES string of the molecule is CC1(O[Si](C)(C)C(C)(C)C)CCCN1C(=O)O. The van der Waals surface area contributed by atoms with E-state index in [2.05, 4.69) is 33.9 Å². The summed E-state index contributed by atoms with van der Waals surface area (Å²) in [5.74, 6) is 0. The fourth-order valence-corrected chi connectivity index (χ4v) is 3.66. The predicted molar refractivity (Wildman–Crippen MR) is 70.7 cm³/mol. The van der Waals surface area contributed by atoms with E-state index in [4.69, 9.17) is 4.43 Å². The van der Waals surface area contributed by atoms with Crippen LogP contribution in [-0.4, -0.2) is 36.7 Å². The van der Waals surface area contributed by atoms with Gasteiger partial charge in [-0.2, -0.15) is 0 Å². The van der Waals surface area contributed by atoms with Gasteiger partial charge < -0.3 is 9.53 Å². The summed E-state index contributed by atoms with van der Waals surface area (Å²) in [6, 6.07) is 0. The highest BCUT2D eigenvalue weighted by Crippen LogP contribution is 2.42. The third kappa shape index (κ3) is 2.82. The number of rotatable bonds is 2. The molecule has 17 heavy (non-hydrogen) atoms. The second-order valence-corrected chi connectivity index (χ2v) is 11.3. The van der Waals surface area contributed by atoms with E-state index in [-0.39, 0.29) is 5.04 Å². The molecule has 1 unspecified atom stereocenters. The van der Waals surface area contributed by atoms with Crippen molar-refractivity contribution in [3.8, 4) is 0 Å². The van der Waals surface area contributed by atoms with Crippen molar-refractivity contribution >= 4 is 14.4 Å². The summed E-state index contributed by atoms with van der Waals surface area (Å²) in [6.45, 7) is 13.3. The maximum absolute atomic E-state index is 11.2. The van der Waals surface area contributed by atoms with Gasteiger partial charge >= 0.3 is 6.09 Å². The number of carboxylic acid groups (broad SMARTS) is 1. The maximum Gasteiger partial charge on any atom is 0.409 e. The molecule has 0 aliphatic carbocycles. The summed E-state index contributed by atoms with van der Waals surface area (Å²) in [5, 5.41) is 9.31. The van der Waals surface area contributed by atoms with Crippen molar-refractivity contribution in [1.29, 1.82) is 0 Å². The zero-order chi connectivity index (χ0) is 13.5. The van der Waals surface area contributed by atoms with Gasteiger partial charge in [-0.15, -0.1) is 0 Å². The van der Waals surface area contributed by atoms with E-state index in [1.807, 2.05) is 6.92 Å². The lowest BCUT2D eigenvalue weighted by atomic mass is 10.2. The van der Waals surface area contributed by atoms with E-state index in [1.165, 1.54) is 4.90 Å². The van der Waals surface area contributed by atoms with Crippen LogP contribution in [0, 0.1) is 0 Å². The van der Waals surface area contributed by atoms with E-state index in [9.17, 15) is 9.90 Å². The van der Waals surface area contributed by atoms with Crippen molar-refractivity contribution < 1.29 is 14.3 Å². The Balaban J connectivity index is 2.89. The molecule has 1 heterocycles. The first-order valence-electron chi connectivity index (χ1n) is 6.20. The van der Waals surface area contributed by atoms with Crippen molar-refractivity contribution in [3.05, 3.63) is 0 Å². The Kier molecular flexibility index (Phi) is 3.65. The third-order valence-electron chi connectivity index (χ3n) is 4.11. The van der Waals surface area contributed by atoms with Crippen LogP contribution in [0.2, 0.25) is 18.1 Å². The lowest BCUT2D eigenvalue weighted by molar-refractivity contribution is -0.0379. The second-order valence-electron chi connectivity index (χ2n) is 6.58. The zero-order valence-corrected chi connectivity index (χ0v) is 12.8. The van der Waals surface area contributed by atoms with Gasteiger partial charge in [0.2, 0.25) is 0 Å². The zero-order valence-electron chi connectivity index (χ0n) is 11.8. The van der Waals surface area contributed by atoms with Crippen LogP contribution in [0.15, 0.2) is 0 Å². The molecule has 100 valence electrons. The van der Waals surface area contributed by atoms with Crippen LogP contribution in [0.4, 0.5) is 4.79 Å². The van der Waals surface area contributed by atoms with Crippen LogP contribution in [0.5, 0.6) is 0 Å². The van der Waals surface area contributed by atoms with E-state index in [0.29, 0.717) is 6.54 Å². The Hall–Kier alpha value is -0.553. The van der Waals surface area contributed by atoms with Crippen molar-refractivity contribution in [3.63, 3.8) is 0 Å². The van der Waals surface area contributed by atoms with E-state index >= 15 is 0 Å². The molecule has 0 aromatic heterocycles. The van der Waals surface area contributed by atoms with Crippen LogP contribution in [-0.2, 0) is 4.43 Å². The standard InChI is InChI=1S/C12H25NO3Si/c1-11(2,3)17(5,6)16-12(4)8-7-9-13(12)10(14)15/h7-9H2,1-6H3,(H,14,15). The van der Waals surface area contributed by atoms with Gasteiger partial charge in [0.25, 0.3) is 0 Å². The minimum absolute atomic E-state index is 0.1000. The van der Waals surface area contributed by atoms with Gasteiger partial charge in [-0.1, -0.05) is 20.8 Å². The van der Waals surface area contributed by atoms with Crippen LogP contribution < -0.4 is 0 Å². The third-order valence-corrected chi connectivity index (χ3v) is 8.67. The highest BCUT2D eigenvalue weighted by Gasteiger charge is 2.48. The fourth-order valence-electron chi connectivity index (χ4n) is 2.04. The smallest absolute Gasteiger partial charge is 0.409 e. The molecule has 0 spiro atoms. The van der Waals surface area contributed by atoms with E-state index < -0.39 is 20.1 Å². The highest BCUT2D eigenvalue weighted by atomic mass is 28.4. The molecule has 1 amide bonds. The second kappa shape index (κ2) is 4.28. The fraction of sp³-hybridized carbons (Fsp3) is 0.917. The lowest BCUT2D eigenvalue weighted by Crippen LogP contribution is -2.55. The largest absolute Gasteiger partial charge is 0.465 e. The molecule has 0 radical (unpaired) electrons. The number of nitrogens with zero attached hydrogens (tertiary/aromatic N) is 1. The topological polar surface area (TPSA) is 49.8 Å². The van der Waals surface area contributed by atoms with Gasteiger partial charge in [-0.25, -0.2) is 4.79 Å². The Morgan fingerprint density at radius 1 is 1.41 bits per heavy atom. The Bertz CT molecular complexity index is 311. The Labute approximate surface area is 105 Å². The van der Waals surface area contributed by atoms with Gasteiger partial charge in [0.05, 0.1) is 0 Å². The molecule has 1 atom stereocenters. The maximum atomic E-state index is 11.2. The monoisotopic (exact) mass is 259 g/mol. The van der Waals surface area contributed by atoms with Crippen molar-refractivity contribution in [1.82, 2.24) is 4.90 Å². The number of likely N-dealkylation sites (tertiary alicyclic amines) is 1. The summed E-state index contributed by atoms with van der Waals surface area (Å²) in [6.07, 6.45) is 0.812. The number of hydrogen-bond donors (Lipinski definition) is 1. The summed E-state index contributed by atoms with van der Waals surface area (Å²) in [7, 11) is -1.93. The molecule has 0 saturated carbocycles. The Morgan fingerprint density at radius 2 is 1.94 bits per heavy atom. The molecule has 1 saturated heterocycles. The minimum atomic E-state index is -1.93. The normalized spacial score (nSPS) is 26.4. The first-order chi connectivity index (χ1) is 7.50. The molecular formula is C12H25NO3Si. The van der Waals surface area contributed by atoms with Gasteiger partial charge in [-0.05, 0) is 37.9 Å². The highest BCUT2D eigenvalue weighted by molar-refractivity contribution is 6.74. The molecule has 1 aliphatic rings. The average Bonchev–Trinajstić information content (AvgIpc) is 2.43. The van der Waals surface area contributed by atoms with Crippen molar-refractivity contribution in [2.45, 2.75) is 64.4 Å². The summed E-state index contributed by atoms with van der Waals surface area (Å²) in [4.78, 5) is 12.7. The molecule has 1 aliphatic heterocycles. The summed E-state index contributed by atoms with van der Waals surface area (Å²) >= 11 is 0. The molecule has 0 bridgehead atoms. The van der Waals surface area contributed by atoms with Gasteiger partial charge in [-0.3, -0.25) is 4.90 Å². The predicted octanol–water partition coefficient (Wildman–Crippen LogP) is 3.50. The number of carbonyl (C=O) groups is 1. The van der Waals surface area contributed by atoms with Gasteiger partial charge in [0, 0.05) is 6.54 Å². The molecule has 5 heteroatoms. The van der Waals surface area contributed by atoms with Crippen molar-refractivity contribution in [2.75, 3.05) is 6.54 Å². The quantitative estimate of drug-likeness (QED) is 0.772. The summed E-state index contributed by atoms with van der Waals surface area (Å²) < 4.78 is 6.31. The number of amides is 1. The molecule has 1 fully saturated rings. The molecule has 0 aromatic carbocycles. The van der Waals surface area contributed by atoms with Crippen LogP contribution in [0.1, 0.15) is 40.5 Å². The van der Waals surface area contributed by atoms with Crippen LogP contribution in [0.3, 0.4) is 0 Å². The van der Waals surface area contributed by atoms with E-state index in [1.54, 1.807) is 0 Å². The van der Waals surface area contributed by atoms with Crippen LogP contribution >= 0.6 is 0 Å². The first kappa shape index (κ1) is 14.5. The van der Waals surface area contributed by atoms with Crippen LogP contribution in [0.25, 0.3) is 0 Å². The van der Waals surface area contributed by atoms with Gasteiger partial charge in [0.1, 0.15) is 5.72 Å². The summed E-state index contributed by atoms with van der Waals surface area (Å²) in [5.41, 5.74) is -0.630.